The molecule has 2 rings (SSSR count). The molecule has 0 aliphatic carbocycles. The van der Waals surface area contributed by atoms with Crippen molar-refractivity contribution < 1.29 is 22.8 Å². The van der Waals surface area contributed by atoms with Crippen LogP contribution in [0.3, 0.4) is 0 Å². The van der Waals surface area contributed by atoms with Crippen LogP contribution in [0.4, 0.5) is 13.2 Å². The first kappa shape index (κ1) is 13.0. The molecule has 5 heteroatoms. The lowest BCUT2D eigenvalue weighted by Gasteiger charge is -2.02. The summed E-state index contributed by atoms with van der Waals surface area (Å²) in [6.07, 6.45) is 0. The second-order valence-electron chi connectivity index (χ2n) is 3.79. The van der Waals surface area contributed by atoms with Gasteiger partial charge in [-0.05, 0) is 36.4 Å². The molecular weight excluding hydrogens is 257 g/mol. The number of rotatable bonds is 3. The van der Waals surface area contributed by atoms with Gasteiger partial charge in [-0.3, -0.25) is 9.59 Å². The highest BCUT2D eigenvalue weighted by Crippen LogP contribution is 2.13. The van der Waals surface area contributed by atoms with E-state index in [0.717, 1.165) is 36.4 Å². The molecule has 0 aliphatic heterocycles. The van der Waals surface area contributed by atoms with E-state index in [4.69, 9.17) is 0 Å². The summed E-state index contributed by atoms with van der Waals surface area (Å²) in [6.45, 7) is 0. The fourth-order valence-electron chi connectivity index (χ4n) is 1.53. The number of hydrogen-bond donors (Lipinski definition) is 0. The highest BCUT2D eigenvalue weighted by molar-refractivity contribution is 6.49. The molecule has 0 saturated carbocycles. The van der Waals surface area contributed by atoms with E-state index in [1.165, 1.54) is 0 Å². The van der Waals surface area contributed by atoms with Crippen molar-refractivity contribution in [3.05, 3.63) is 71.0 Å². The number of halogens is 3. The number of carbonyl (C=O) groups excluding carboxylic acids is 2. The lowest BCUT2D eigenvalue weighted by molar-refractivity contribution is 0.0814. The Morgan fingerprint density at radius 1 is 0.737 bits per heavy atom. The molecule has 2 aromatic carbocycles. The van der Waals surface area contributed by atoms with E-state index < -0.39 is 34.6 Å². The number of hydrogen-bond acceptors (Lipinski definition) is 2. The summed E-state index contributed by atoms with van der Waals surface area (Å²) in [5.74, 6) is -4.60. The van der Waals surface area contributed by atoms with Gasteiger partial charge >= 0.3 is 0 Å². The molecule has 0 aliphatic rings. The van der Waals surface area contributed by atoms with Gasteiger partial charge in [0.1, 0.15) is 17.5 Å². The zero-order valence-electron chi connectivity index (χ0n) is 9.49. The third-order valence-corrected chi connectivity index (χ3v) is 2.49. The molecule has 0 atom stereocenters. The summed E-state index contributed by atoms with van der Waals surface area (Å²) in [5, 5.41) is 0. The van der Waals surface area contributed by atoms with E-state index in [2.05, 4.69) is 0 Å². The Morgan fingerprint density at radius 2 is 1.32 bits per heavy atom. The average molecular weight is 264 g/mol. The second kappa shape index (κ2) is 5.06. The minimum absolute atomic E-state index is 0.0601. The van der Waals surface area contributed by atoms with Crippen molar-refractivity contribution in [2.45, 2.75) is 0 Å². The highest BCUT2D eigenvalue weighted by Gasteiger charge is 2.21. The Labute approximate surface area is 106 Å². The molecule has 0 saturated heterocycles. The van der Waals surface area contributed by atoms with Crippen LogP contribution in [0.15, 0.2) is 42.5 Å². The van der Waals surface area contributed by atoms with Gasteiger partial charge in [0.2, 0.25) is 11.6 Å². The van der Waals surface area contributed by atoms with Gasteiger partial charge in [-0.2, -0.15) is 0 Å². The van der Waals surface area contributed by atoms with Crippen molar-refractivity contribution in [2.24, 2.45) is 0 Å². The van der Waals surface area contributed by atoms with Crippen LogP contribution in [0.2, 0.25) is 0 Å². The number of benzene rings is 2. The largest absolute Gasteiger partial charge is 0.285 e. The van der Waals surface area contributed by atoms with Gasteiger partial charge in [0, 0.05) is 11.6 Å². The number of carbonyl (C=O) groups is 2. The normalized spacial score (nSPS) is 10.3. The van der Waals surface area contributed by atoms with Crippen molar-refractivity contribution in [1.29, 1.82) is 0 Å². The van der Waals surface area contributed by atoms with Gasteiger partial charge in [0.05, 0.1) is 5.56 Å². The quantitative estimate of drug-likeness (QED) is 0.630. The summed E-state index contributed by atoms with van der Waals surface area (Å²) in [5.41, 5.74) is -0.578. The van der Waals surface area contributed by atoms with Gasteiger partial charge in [-0.15, -0.1) is 0 Å². The first-order valence-corrected chi connectivity index (χ1v) is 5.28. The van der Waals surface area contributed by atoms with Crippen LogP contribution < -0.4 is 0 Å². The van der Waals surface area contributed by atoms with Gasteiger partial charge in [-0.1, -0.05) is 0 Å². The monoisotopic (exact) mass is 264 g/mol. The van der Waals surface area contributed by atoms with E-state index in [-0.39, 0.29) is 5.56 Å². The highest BCUT2D eigenvalue weighted by atomic mass is 19.1. The van der Waals surface area contributed by atoms with Gasteiger partial charge in [0.15, 0.2) is 0 Å². The Bertz CT molecular complexity index is 648. The van der Waals surface area contributed by atoms with Crippen LogP contribution in [-0.2, 0) is 0 Å². The van der Waals surface area contributed by atoms with E-state index >= 15 is 0 Å². The fourth-order valence-corrected chi connectivity index (χ4v) is 1.53. The van der Waals surface area contributed by atoms with Crippen LogP contribution in [0.25, 0.3) is 0 Å². The van der Waals surface area contributed by atoms with Crippen LogP contribution in [0, 0.1) is 17.5 Å². The average Bonchev–Trinajstić information content (AvgIpc) is 2.38. The molecule has 0 unspecified atom stereocenters. The Hall–Kier alpha value is -2.43. The Morgan fingerprint density at radius 3 is 1.89 bits per heavy atom. The molecule has 0 spiro atoms. The molecule has 0 bridgehead atoms. The Balaban J connectivity index is 2.33. The topological polar surface area (TPSA) is 34.1 Å². The zero-order chi connectivity index (χ0) is 14.0. The molecular formula is C14H7F3O2. The number of ketones is 2. The molecule has 0 N–H and O–H groups in total. The molecule has 0 heterocycles. The van der Waals surface area contributed by atoms with Gasteiger partial charge in [0.25, 0.3) is 0 Å². The third kappa shape index (κ3) is 2.70. The molecule has 96 valence electrons. The van der Waals surface area contributed by atoms with Crippen LogP contribution in [0.1, 0.15) is 20.7 Å². The maximum Gasteiger partial charge on any atom is 0.236 e. The smallest absolute Gasteiger partial charge is 0.236 e. The van der Waals surface area contributed by atoms with Gasteiger partial charge in [-0.25, -0.2) is 13.2 Å². The maximum atomic E-state index is 13.4. The van der Waals surface area contributed by atoms with E-state index in [9.17, 15) is 22.8 Å². The fraction of sp³-hybridized carbons (Fsp3) is 0. The van der Waals surface area contributed by atoms with E-state index in [1.54, 1.807) is 0 Å². The molecule has 2 aromatic rings. The summed E-state index contributed by atoms with van der Waals surface area (Å²) >= 11 is 0. The van der Waals surface area contributed by atoms with Gasteiger partial charge < -0.3 is 0 Å². The van der Waals surface area contributed by atoms with Crippen molar-refractivity contribution in [3.8, 4) is 0 Å². The minimum atomic E-state index is -1.11. The molecule has 0 fully saturated rings. The van der Waals surface area contributed by atoms with Crippen LogP contribution in [0.5, 0.6) is 0 Å². The van der Waals surface area contributed by atoms with Crippen molar-refractivity contribution >= 4 is 11.6 Å². The lowest BCUT2D eigenvalue weighted by atomic mass is 10.0. The standard InChI is InChI=1S/C14H7F3O2/c15-9-3-1-8(2-4-9)13(18)14(19)11-6-5-10(16)7-12(11)17/h1-7H. The van der Waals surface area contributed by atoms with Crippen molar-refractivity contribution in [2.75, 3.05) is 0 Å². The molecule has 0 amide bonds. The van der Waals surface area contributed by atoms with Crippen LogP contribution in [-0.4, -0.2) is 11.6 Å². The summed E-state index contributed by atoms with van der Waals surface area (Å²) in [6, 6.07) is 6.57. The summed E-state index contributed by atoms with van der Waals surface area (Å²) in [7, 11) is 0. The van der Waals surface area contributed by atoms with Crippen LogP contribution >= 0.6 is 0 Å². The Kier molecular flexibility index (Phi) is 3.46. The van der Waals surface area contributed by atoms with Crippen molar-refractivity contribution in [1.82, 2.24) is 0 Å². The maximum absolute atomic E-state index is 13.4. The van der Waals surface area contributed by atoms with E-state index in [1.807, 2.05) is 0 Å². The van der Waals surface area contributed by atoms with Crippen molar-refractivity contribution in [3.63, 3.8) is 0 Å². The minimum Gasteiger partial charge on any atom is -0.285 e. The molecule has 2 nitrogen and oxygen atoms in total. The summed E-state index contributed by atoms with van der Waals surface area (Å²) in [4.78, 5) is 23.5. The number of Topliss-reactive ketones (excluding diaryl/α,β-unsaturated/α-hetero) is 2. The first-order valence-electron chi connectivity index (χ1n) is 5.28. The summed E-state index contributed by atoms with van der Waals surface area (Å²) < 4.78 is 38.8. The third-order valence-electron chi connectivity index (χ3n) is 2.49. The molecule has 0 aromatic heterocycles. The predicted octanol–water partition coefficient (Wildman–Crippen LogP) is 3.17. The first-order chi connectivity index (χ1) is 8.99. The SMILES string of the molecule is O=C(C(=O)c1ccc(F)cc1F)c1ccc(F)cc1. The zero-order valence-corrected chi connectivity index (χ0v) is 9.49. The van der Waals surface area contributed by atoms with E-state index in [0.29, 0.717) is 6.07 Å². The predicted molar refractivity (Wildman–Crippen MR) is 61.4 cm³/mol. The second-order valence-corrected chi connectivity index (χ2v) is 3.79. The molecule has 0 radical (unpaired) electrons. The lowest BCUT2D eigenvalue weighted by Crippen LogP contribution is -2.16. The molecule has 19 heavy (non-hydrogen) atoms.